The van der Waals surface area contributed by atoms with E-state index in [1.165, 1.54) is 0 Å². The molecule has 18 heavy (non-hydrogen) atoms. The van der Waals surface area contributed by atoms with Crippen molar-refractivity contribution in [3.05, 3.63) is 23.9 Å². The van der Waals surface area contributed by atoms with Crippen LogP contribution < -0.4 is 5.32 Å². The molecule has 0 saturated carbocycles. The van der Waals surface area contributed by atoms with Crippen molar-refractivity contribution in [3.8, 4) is 0 Å². The monoisotopic (exact) mass is 265 g/mol. The van der Waals surface area contributed by atoms with E-state index >= 15 is 0 Å². The molecule has 0 spiro atoms. The average molecular weight is 265 g/mol. The summed E-state index contributed by atoms with van der Waals surface area (Å²) in [5.41, 5.74) is 0.521. The van der Waals surface area contributed by atoms with Gasteiger partial charge >= 0.3 is 0 Å². The van der Waals surface area contributed by atoms with Crippen LogP contribution in [0.2, 0.25) is 0 Å². The summed E-state index contributed by atoms with van der Waals surface area (Å²) in [5.74, 6) is 2.96. The number of anilines is 1. The third-order valence-electron chi connectivity index (χ3n) is 3.10. The molecule has 2 rings (SSSR count). The molecule has 0 radical (unpaired) electrons. The molecule has 0 aliphatic carbocycles. The first kappa shape index (κ1) is 13.2. The SMILES string of the molecule is CCNc1cccc(C(=O)N(C)C2CCSC2)n1. The van der Waals surface area contributed by atoms with E-state index in [9.17, 15) is 4.79 Å². The summed E-state index contributed by atoms with van der Waals surface area (Å²) in [4.78, 5) is 18.5. The van der Waals surface area contributed by atoms with Crippen LogP contribution >= 0.6 is 11.8 Å². The molecule has 5 heteroatoms. The van der Waals surface area contributed by atoms with Crippen molar-refractivity contribution >= 4 is 23.5 Å². The fourth-order valence-electron chi connectivity index (χ4n) is 2.01. The van der Waals surface area contributed by atoms with E-state index in [0.717, 1.165) is 30.3 Å². The number of rotatable bonds is 4. The van der Waals surface area contributed by atoms with Gasteiger partial charge in [0.15, 0.2) is 0 Å². The Morgan fingerprint density at radius 2 is 2.44 bits per heavy atom. The summed E-state index contributed by atoms with van der Waals surface area (Å²) in [6, 6.07) is 5.88. The van der Waals surface area contributed by atoms with E-state index in [1.807, 2.05) is 42.8 Å². The number of nitrogens with one attached hydrogen (secondary N) is 1. The molecule has 98 valence electrons. The molecular formula is C13H19N3OS. The highest BCUT2D eigenvalue weighted by Gasteiger charge is 2.25. The molecule has 4 nitrogen and oxygen atoms in total. The number of hydrogen-bond acceptors (Lipinski definition) is 4. The second-order valence-electron chi connectivity index (χ2n) is 4.37. The predicted octanol–water partition coefficient (Wildman–Crippen LogP) is 2.09. The van der Waals surface area contributed by atoms with E-state index < -0.39 is 0 Å². The van der Waals surface area contributed by atoms with Gasteiger partial charge in [-0.2, -0.15) is 11.8 Å². The first-order chi connectivity index (χ1) is 8.72. The fourth-order valence-corrected chi connectivity index (χ4v) is 3.28. The van der Waals surface area contributed by atoms with Crippen LogP contribution in [0, 0.1) is 0 Å². The highest BCUT2D eigenvalue weighted by atomic mass is 32.2. The van der Waals surface area contributed by atoms with Crippen molar-refractivity contribution in [1.29, 1.82) is 0 Å². The zero-order chi connectivity index (χ0) is 13.0. The number of carbonyl (C=O) groups is 1. The Morgan fingerprint density at radius 3 is 3.11 bits per heavy atom. The van der Waals surface area contributed by atoms with Gasteiger partial charge in [-0.05, 0) is 31.2 Å². The average Bonchev–Trinajstić information content (AvgIpc) is 2.91. The van der Waals surface area contributed by atoms with Crippen molar-refractivity contribution in [3.63, 3.8) is 0 Å². The zero-order valence-electron chi connectivity index (χ0n) is 10.8. The molecule has 1 unspecified atom stereocenters. The number of nitrogens with zero attached hydrogens (tertiary/aromatic N) is 2. The Morgan fingerprint density at radius 1 is 1.61 bits per heavy atom. The molecule has 0 bridgehead atoms. The second-order valence-corrected chi connectivity index (χ2v) is 5.52. The molecule has 1 aliphatic rings. The Hall–Kier alpha value is -1.23. The van der Waals surface area contributed by atoms with Crippen LogP contribution in [0.1, 0.15) is 23.8 Å². The molecule has 2 heterocycles. The molecule has 1 saturated heterocycles. The maximum Gasteiger partial charge on any atom is 0.272 e. The molecule has 1 aromatic heterocycles. The van der Waals surface area contributed by atoms with Gasteiger partial charge in [0.05, 0.1) is 0 Å². The van der Waals surface area contributed by atoms with Gasteiger partial charge in [-0.1, -0.05) is 6.07 Å². The minimum absolute atomic E-state index is 0.0160. The quantitative estimate of drug-likeness (QED) is 0.905. The van der Waals surface area contributed by atoms with E-state index in [2.05, 4.69) is 10.3 Å². The fraction of sp³-hybridized carbons (Fsp3) is 0.538. The van der Waals surface area contributed by atoms with Crippen molar-refractivity contribution in [2.45, 2.75) is 19.4 Å². The smallest absolute Gasteiger partial charge is 0.272 e. The van der Waals surface area contributed by atoms with Gasteiger partial charge in [0, 0.05) is 25.4 Å². The Balaban J connectivity index is 2.09. The van der Waals surface area contributed by atoms with Crippen molar-refractivity contribution in [2.24, 2.45) is 0 Å². The van der Waals surface area contributed by atoms with Gasteiger partial charge in [0.2, 0.25) is 0 Å². The molecule has 1 atom stereocenters. The molecule has 1 aliphatic heterocycles. The maximum absolute atomic E-state index is 12.3. The van der Waals surface area contributed by atoms with Crippen LogP contribution in [0.3, 0.4) is 0 Å². The number of amides is 1. The highest BCUT2D eigenvalue weighted by Crippen LogP contribution is 2.22. The number of aromatic nitrogens is 1. The predicted molar refractivity (Wildman–Crippen MR) is 76.2 cm³/mol. The topological polar surface area (TPSA) is 45.2 Å². The first-order valence-electron chi connectivity index (χ1n) is 6.28. The number of thioether (sulfide) groups is 1. The Kier molecular flexibility index (Phi) is 4.47. The minimum Gasteiger partial charge on any atom is -0.370 e. The maximum atomic E-state index is 12.3. The molecule has 0 aromatic carbocycles. The summed E-state index contributed by atoms with van der Waals surface area (Å²) in [5, 5.41) is 3.13. The third-order valence-corrected chi connectivity index (χ3v) is 4.24. The van der Waals surface area contributed by atoms with Crippen molar-refractivity contribution < 1.29 is 4.79 Å². The van der Waals surface area contributed by atoms with Crippen molar-refractivity contribution in [2.75, 3.05) is 30.4 Å². The van der Waals surface area contributed by atoms with Gasteiger partial charge in [-0.25, -0.2) is 4.98 Å². The van der Waals surface area contributed by atoms with Gasteiger partial charge in [0.25, 0.3) is 5.91 Å². The Labute approximate surface area is 112 Å². The van der Waals surface area contributed by atoms with E-state index in [-0.39, 0.29) is 5.91 Å². The number of pyridine rings is 1. The first-order valence-corrected chi connectivity index (χ1v) is 7.43. The lowest BCUT2D eigenvalue weighted by Crippen LogP contribution is -2.37. The lowest BCUT2D eigenvalue weighted by Gasteiger charge is -2.23. The van der Waals surface area contributed by atoms with Crippen LogP contribution in [0.25, 0.3) is 0 Å². The van der Waals surface area contributed by atoms with Gasteiger partial charge in [-0.3, -0.25) is 4.79 Å². The van der Waals surface area contributed by atoms with Gasteiger partial charge < -0.3 is 10.2 Å². The second kappa shape index (κ2) is 6.09. The van der Waals surface area contributed by atoms with Crippen LogP contribution in [-0.2, 0) is 0 Å². The summed E-state index contributed by atoms with van der Waals surface area (Å²) >= 11 is 1.91. The normalized spacial score (nSPS) is 18.7. The highest BCUT2D eigenvalue weighted by molar-refractivity contribution is 7.99. The molecule has 1 aromatic rings. The van der Waals surface area contributed by atoms with E-state index in [4.69, 9.17) is 0 Å². The van der Waals surface area contributed by atoms with Crippen LogP contribution in [0.15, 0.2) is 18.2 Å². The largest absolute Gasteiger partial charge is 0.370 e. The van der Waals surface area contributed by atoms with E-state index in [1.54, 1.807) is 6.07 Å². The third kappa shape index (κ3) is 2.96. The summed E-state index contributed by atoms with van der Waals surface area (Å²) in [7, 11) is 1.88. The lowest BCUT2D eigenvalue weighted by molar-refractivity contribution is 0.0742. The van der Waals surface area contributed by atoms with Crippen LogP contribution in [0.5, 0.6) is 0 Å². The summed E-state index contributed by atoms with van der Waals surface area (Å²) < 4.78 is 0. The van der Waals surface area contributed by atoms with E-state index in [0.29, 0.717) is 11.7 Å². The molecule has 1 N–H and O–H groups in total. The van der Waals surface area contributed by atoms with Crippen molar-refractivity contribution in [1.82, 2.24) is 9.88 Å². The molecular weight excluding hydrogens is 246 g/mol. The van der Waals surface area contributed by atoms with Gasteiger partial charge in [0.1, 0.15) is 11.5 Å². The lowest BCUT2D eigenvalue weighted by atomic mass is 10.2. The molecule has 1 amide bonds. The number of carbonyl (C=O) groups excluding carboxylic acids is 1. The van der Waals surface area contributed by atoms with Crippen LogP contribution in [-0.4, -0.2) is 46.9 Å². The summed E-state index contributed by atoms with van der Waals surface area (Å²) in [6.07, 6.45) is 1.08. The van der Waals surface area contributed by atoms with Crippen LogP contribution in [0.4, 0.5) is 5.82 Å². The summed E-state index contributed by atoms with van der Waals surface area (Å²) in [6.45, 7) is 2.82. The van der Waals surface area contributed by atoms with Gasteiger partial charge in [-0.15, -0.1) is 0 Å². The Bertz CT molecular complexity index is 418. The minimum atomic E-state index is 0.0160. The standard InChI is InChI=1S/C13H19N3OS/c1-3-14-12-6-4-5-11(15-12)13(17)16(2)10-7-8-18-9-10/h4-6,10H,3,7-9H2,1-2H3,(H,14,15). The zero-order valence-corrected chi connectivity index (χ0v) is 11.7. The molecule has 1 fully saturated rings. The number of hydrogen-bond donors (Lipinski definition) is 1.